The molecule has 2 heterocycles. The zero-order chi connectivity index (χ0) is 21.1. The van der Waals surface area contributed by atoms with Gasteiger partial charge in [-0.25, -0.2) is 9.48 Å². The van der Waals surface area contributed by atoms with Gasteiger partial charge in [-0.2, -0.15) is 5.10 Å². The van der Waals surface area contributed by atoms with Crippen LogP contribution < -0.4 is 10.5 Å². The van der Waals surface area contributed by atoms with Crippen molar-refractivity contribution in [2.75, 3.05) is 19.6 Å². The predicted octanol–water partition coefficient (Wildman–Crippen LogP) is 2.62. The monoisotopic (exact) mass is 435 g/mol. The largest absolute Gasteiger partial charge is 0.416 e. The third-order valence-electron chi connectivity index (χ3n) is 5.16. The minimum absolute atomic E-state index is 0. The zero-order valence-corrected chi connectivity index (χ0v) is 18.6. The van der Waals surface area contributed by atoms with Gasteiger partial charge >= 0.3 is 6.09 Å². The Balaban J connectivity index is 0.00000320. The van der Waals surface area contributed by atoms with Crippen LogP contribution in [0.4, 0.5) is 4.79 Å². The maximum absolute atomic E-state index is 12.8. The summed E-state index contributed by atoms with van der Waals surface area (Å²) in [4.78, 5) is 28.7. The molecule has 9 heteroatoms. The number of nitrogens with two attached hydrogens (primary N) is 1. The van der Waals surface area contributed by atoms with E-state index in [-0.39, 0.29) is 30.3 Å². The molecule has 1 saturated heterocycles. The van der Waals surface area contributed by atoms with E-state index in [9.17, 15) is 9.59 Å². The summed E-state index contributed by atoms with van der Waals surface area (Å²) in [7, 11) is 0. The number of piperazine rings is 1. The van der Waals surface area contributed by atoms with E-state index >= 15 is 0 Å². The van der Waals surface area contributed by atoms with Gasteiger partial charge in [-0.1, -0.05) is 32.0 Å². The summed E-state index contributed by atoms with van der Waals surface area (Å²) in [5.74, 6) is 0.365. The number of amides is 2. The molecule has 0 aliphatic carbocycles. The van der Waals surface area contributed by atoms with Crippen molar-refractivity contribution in [3.8, 4) is 11.6 Å². The van der Waals surface area contributed by atoms with Crippen molar-refractivity contribution in [1.82, 2.24) is 19.6 Å². The van der Waals surface area contributed by atoms with Gasteiger partial charge in [0.1, 0.15) is 0 Å². The highest BCUT2D eigenvalue weighted by atomic mass is 35.5. The number of hydrogen-bond donors (Lipinski definition) is 1. The van der Waals surface area contributed by atoms with Crippen LogP contribution in [0.25, 0.3) is 5.69 Å². The summed E-state index contributed by atoms with van der Waals surface area (Å²) in [6, 6.07) is 10.6. The smallest absolute Gasteiger partial charge is 0.391 e. The summed E-state index contributed by atoms with van der Waals surface area (Å²) in [6.45, 7) is 8.86. The van der Waals surface area contributed by atoms with Crippen LogP contribution >= 0.6 is 12.4 Å². The molecule has 2 aromatic rings. The number of rotatable bonds is 4. The van der Waals surface area contributed by atoms with Gasteiger partial charge in [0.05, 0.1) is 17.4 Å². The lowest BCUT2D eigenvalue weighted by Gasteiger charge is -2.40. The molecule has 1 aromatic carbocycles. The van der Waals surface area contributed by atoms with E-state index in [1.807, 2.05) is 58.0 Å². The van der Waals surface area contributed by atoms with E-state index in [1.165, 1.54) is 0 Å². The van der Waals surface area contributed by atoms with Gasteiger partial charge in [0.25, 0.3) is 0 Å². The SMILES string of the molecule is Cc1cc(OC(=O)N2CCN(C(=O)[C@@H](N)C(C)C)[C@@H](C)C2)n(-c2ccccc2)n1.Cl. The Hall–Kier alpha value is -2.58. The molecule has 0 radical (unpaired) electrons. The molecular weight excluding hydrogens is 406 g/mol. The number of ether oxygens (including phenoxy) is 1. The number of aromatic nitrogens is 2. The van der Waals surface area contributed by atoms with Crippen molar-refractivity contribution in [3.05, 3.63) is 42.1 Å². The molecule has 2 amide bonds. The fourth-order valence-corrected chi connectivity index (χ4v) is 3.38. The Morgan fingerprint density at radius 2 is 1.87 bits per heavy atom. The summed E-state index contributed by atoms with van der Waals surface area (Å²) < 4.78 is 7.26. The van der Waals surface area contributed by atoms with E-state index in [1.54, 1.807) is 20.5 Å². The summed E-state index contributed by atoms with van der Waals surface area (Å²) >= 11 is 0. The third-order valence-corrected chi connectivity index (χ3v) is 5.16. The van der Waals surface area contributed by atoms with E-state index in [0.717, 1.165) is 11.4 Å². The number of para-hydroxylation sites is 1. The second kappa shape index (κ2) is 9.95. The molecule has 0 saturated carbocycles. The Bertz CT molecular complexity index is 871. The second-order valence-electron chi connectivity index (χ2n) is 7.84. The highest BCUT2D eigenvalue weighted by Gasteiger charge is 2.34. The molecule has 8 nitrogen and oxygen atoms in total. The van der Waals surface area contributed by atoms with Crippen LogP contribution in [-0.2, 0) is 4.79 Å². The Kier molecular flexibility index (Phi) is 7.86. The molecule has 3 rings (SSSR count). The molecule has 1 fully saturated rings. The van der Waals surface area contributed by atoms with Gasteiger partial charge in [-0.05, 0) is 31.9 Å². The number of carbonyl (C=O) groups excluding carboxylic acids is 2. The van der Waals surface area contributed by atoms with Gasteiger partial charge in [-0.3, -0.25) is 4.79 Å². The summed E-state index contributed by atoms with van der Waals surface area (Å²) in [6.07, 6.45) is -0.450. The van der Waals surface area contributed by atoms with Crippen molar-refractivity contribution >= 4 is 24.4 Å². The van der Waals surface area contributed by atoms with Crippen LogP contribution in [0.2, 0.25) is 0 Å². The normalized spacial score (nSPS) is 17.5. The second-order valence-corrected chi connectivity index (χ2v) is 7.84. The van der Waals surface area contributed by atoms with Crippen LogP contribution in [0.5, 0.6) is 5.88 Å². The average Bonchev–Trinajstić information content (AvgIpc) is 3.07. The molecule has 2 atom stereocenters. The summed E-state index contributed by atoms with van der Waals surface area (Å²) in [5, 5.41) is 4.42. The number of benzene rings is 1. The van der Waals surface area contributed by atoms with Crippen LogP contribution in [0.3, 0.4) is 0 Å². The van der Waals surface area contributed by atoms with Crippen LogP contribution in [0.15, 0.2) is 36.4 Å². The predicted molar refractivity (Wildman–Crippen MR) is 117 cm³/mol. The zero-order valence-electron chi connectivity index (χ0n) is 17.8. The maximum Gasteiger partial charge on any atom is 0.416 e. The first-order valence-electron chi connectivity index (χ1n) is 9.93. The number of carbonyl (C=O) groups is 2. The topological polar surface area (TPSA) is 93.7 Å². The van der Waals surface area contributed by atoms with Crippen LogP contribution in [-0.4, -0.2) is 63.3 Å². The van der Waals surface area contributed by atoms with Crippen molar-refractivity contribution in [2.45, 2.75) is 39.8 Å². The first-order valence-corrected chi connectivity index (χ1v) is 9.93. The molecule has 1 aromatic heterocycles. The number of hydrogen-bond acceptors (Lipinski definition) is 5. The Morgan fingerprint density at radius 3 is 2.47 bits per heavy atom. The van der Waals surface area contributed by atoms with Crippen molar-refractivity contribution < 1.29 is 14.3 Å². The number of nitrogens with zero attached hydrogens (tertiary/aromatic N) is 4. The van der Waals surface area contributed by atoms with Crippen molar-refractivity contribution in [2.24, 2.45) is 11.7 Å². The fourth-order valence-electron chi connectivity index (χ4n) is 3.38. The first-order chi connectivity index (χ1) is 13.8. The lowest BCUT2D eigenvalue weighted by atomic mass is 10.0. The lowest BCUT2D eigenvalue weighted by Crippen LogP contribution is -2.59. The molecule has 0 unspecified atom stereocenters. The molecule has 0 bridgehead atoms. The molecule has 0 spiro atoms. The fraction of sp³-hybridized carbons (Fsp3) is 0.476. The van der Waals surface area contributed by atoms with Crippen molar-refractivity contribution in [3.63, 3.8) is 0 Å². The Morgan fingerprint density at radius 1 is 1.20 bits per heavy atom. The average molecular weight is 436 g/mol. The Labute approximate surface area is 183 Å². The molecule has 164 valence electrons. The molecular formula is C21H30ClN5O3. The van der Waals surface area contributed by atoms with E-state index in [0.29, 0.717) is 25.5 Å². The van der Waals surface area contributed by atoms with E-state index in [4.69, 9.17) is 10.5 Å². The van der Waals surface area contributed by atoms with Crippen LogP contribution in [0.1, 0.15) is 26.5 Å². The van der Waals surface area contributed by atoms with Gasteiger partial charge in [-0.15, -0.1) is 12.4 Å². The minimum Gasteiger partial charge on any atom is -0.391 e. The van der Waals surface area contributed by atoms with Gasteiger partial charge in [0.15, 0.2) is 0 Å². The number of halogens is 1. The van der Waals surface area contributed by atoms with E-state index in [2.05, 4.69) is 5.10 Å². The molecule has 30 heavy (non-hydrogen) atoms. The highest BCUT2D eigenvalue weighted by molar-refractivity contribution is 5.85. The minimum atomic E-state index is -0.529. The maximum atomic E-state index is 12.8. The molecule has 1 aliphatic rings. The molecule has 1 aliphatic heterocycles. The van der Waals surface area contributed by atoms with Gasteiger partial charge in [0, 0.05) is 31.7 Å². The quantitative estimate of drug-likeness (QED) is 0.796. The number of aryl methyl sites for hydroxylation is 1. The van der Waals surface area contributed by atoms with Crippen LogP contribution in [0, 0.1) is 12.8 Å². The van der Waals surface area contributed by atoms with Gasteiger partial charge in [0.2, 0.25) is 11.8 Å². The van der Waals surface area contributed by atoms with Crippen molar-refractivity contribution in [1.29, 1.82) is 0 Å². The highest BCUT2D eigenvalue weighted by Crippen LogP contribution is 2.21. The van der Waals surface area contributed by atoms with E-state index < -0.39 is 12.1 Å². The summed E-state index contributed by atoms with van der Waals surface area (Å²) in [5.41, 5.74) is 7.59. The third kappa shape index (κ3) is 5.12. The van der Waals surface area contributed by atoms with Gasteiger partial charge < -0.3 is 20.3 Å². The molecule has 2 N–H and O–H groups in total. The standard InChI is InChI=1S/C21H29N5O3.ClH/c1-14(2)19(22)20(27)25-11-10-24(13-16(25)4)21(28)29-18-12-15(3)23-26(18)17-8-6-5-7-9-17;/h5-9,12,14,16,19H,10-11,13,22H2,1-4H3;1H/t16-,19-;/m0./s1. The first kappa shape index (κ1) is 23.7. The lowest BCUT2D eigenvalue weighted by molar-refractivity contribution is -0.137.